The summed E-state index contributed by atoms with van der Waals surface area (Å²) >= 11 is 0. The van der Waals surface area contributed by atoms with Crippen LogP contribution in [0.5, 0.6) is 0 Å². The average Bonchev–Trinajstić information content (AvgIpc) is 3.39. The molecule has 4 aliphatic carbocycles. The molecule has 0 aromatic heterocycles. The number of carboxylic acids is 1. The first-order valence-corrected chi connectivity index (χ1v) is 19.9. The van der Waals surface area contributed by atoms with Crippen LogP contribution in [-0.4, -0.2) is 23.1 Å². The molecule has 0 unspecified atom stereocenters. The van der Waals surface area contributed by atoms with E-state index in [0.717, 1.165) is 56.3 Å². The SMILES string of the molecule is CCCCCCCCC=CCCCCCCCC(=O)O[C@H]1CC[C@@]2(C)C(=CC[C@H]3[C@@H]4CC[C@H]([C@H](C)CCC(=O)O)[C@@]4(C)CC[C@@H]32)C1. The van der Waals surface area contributed by atoms with Crippen molar-refractivity contribution in [3.05, 3.63) is 23.8 Å². The third kappa shape index (κ3) is 9.74. The highest BCUT2D eigenvalue weighted by atomic mass is 16.5. The third-order valence-electron chi connectivity index (χ3n) is 13.6. The van der Waals surface area contributed by atoms with E-state index in [9.17, 15) is 14.7 Å². The van der Waals surface area contributed by atoms with E-state index >= 15 is 0 Å². The van der Waals surface area contributed by atoms with Crippen molar-refractivity contribution in [2.75, 3.05) is 0 Å². The average molecular weight is 639 g/mol. The van der Waals surface area contributed by atoms with Crippen LogP contribution in [0, 0.1) is 40.4 Å². The van der Waals surface area contributed by atoms with E-state index in [0.29, 0.717) is 30.1 Å². The summed E-state index contributed by atoms with van der Waals surface area (Å²) in [4.78, 5) is 24.0. The molecule has 0 radical (unpaired) electrons. The van der Waals surface area contributed by atoms with E-state index in [1.165, 1.54) is 103 Å². The Bertz CT molecular complexity index is 1010. The molecule has 3 fully saturated rings. The number of esters is 1. The van der Waals surface area contributed by atoms with Gasteiger partial charge in [0, 0.05) is 19.3 Å². The molecule has 0 aromatic rings. The van der Waals surface area contributed by atoms with E-state index in [4.69, 9.17) is 4.74 Å². The maximum Gasteiger partial charge on any atom is 0.306 e. The van der Waals surface area contributed by atoms with Crippen LogP contribution < -0.4 is 0 Å². The number of hydrogen-bond donors (Lipinski definition) is 1. The van der Waals surface area contributed by atoms with Crippen LogP contribution in [0.25, 0.3) is 0 Å². The minimum absolute atomic E-state index is 0.0166. The van der Waals surface area contributed by atoms with Crippen LogP contribution in [0.3, 0.4) is 0 Å². The highest BCUT2D eigenvalue weighted by molar-refractivity contribution is 5.69. The molecule has 3 saturated carbocycles. The second-order valence-corrected chi connectivity index (χ2v) is 16.6. The Morgan fingerprint density at radius 2 is 1.54 bits per heavy atom. The smallest absolute Gasteiger partial charge is 0.306 e. The largest absolute Gasteiger partial charge is 0.481 e. The fourth-order valence-corrected chi connectivity index (χ4v) is 10.8. The Hall–Kier alpha value is -1.58. The van der Waals surface area contributed by atoms with E-state index < -0.39 is 5.97 Å². The van der Waals surface area contributed by atoms with E-state index in [2.05, 4.69) is 45.9 Å². The van der Waals surface area contributed by atoms with Gasteiger partial charge in [0.05, 0.1) is 0 Å². The quantitative estimate of drug-likeness (QED) is 0.0818. The van der Waals surface area contributed by atoms with Crippen LogP contribution in [0.2, 0.25) is 0 Å². The maximum atomic E-state index is 12.8. The zero-order valence-corrected chi connectivity index (χ0v) is 30.3. The highest BCUT2D eigenvalue weighted by Crippen LogP contribution is 2.67. The first kappa shape index (κ1) is 37.2. The van der Waals surface area contributed by atoms with Gasteiger partial charge >= 0.3 is 11.9 Å². The third-order valence-corrected chi connectivity index (χ3v) is 13.6. The molecule has 0 amide bonds. The fraction of sp³-hybridized carbons (Fsp3) is 0.857. The summed E-state index contributed by atoms with van der Waals surface area (Å²) in [5.74, 6) is 2.77. The van der Waals surface area contributed by atoms with Crippen molar-refractivity contribution in [3.63, 3.8) is 0 Å². The van der Waals surface area contributed by atoms with Gasteiger partial charge in [-0.25, -0.2) is 0 Å². The standard InChI is InChI=1S/C42H70O4/c1-5-6-7-8-9-10-11-12-13-14-15-16-17-18-19-20-40(45)46-34-27-29-41(3)33(31-34)22-23-35-37-25-24-36(32(2)21-26-39(43)44)42(37,4)30-28-38(35)41/h12-13,22,32,34-38H,5-11,14-21,23-31H2,1-4H3,(H,43,44)/t32-,34+,35+,36-,37+,38+,41+,42-/m1/s1. The van der Waals surface area contributed by atoms with Crippen molar-refractivity contribution in [2.45, 2.75) is 188 Å². The van der Waals surface area contributed by atoms with Crippen molar-refractivity contribution in [2.24, 2.45) is 40.4 Å². The van der Waals surface area contributed by atoms with Gasteiger partial charge in [-0.15, -0.1) is 0 Å². The van der Waals surface area contributed by atoms with Crippen LogP contribution in [0.4, 0.5) is 0 Å². The predicted molar refractivity (Wildman–Crippen MR) is 191 cm³/mol. The van der Waals surface area contributed by atoms with Gasteiger partial charge < -0.3 is 9.84 Å². The molecular weight excluding hydrogens is 568 g/mol. The van der Waals surface area contributed by atoms with Crippen LogP contribution in [-0.2, 0) is 14.3 Å². The molecule has 262 valence electrons. The number of carbonyl (C=O) groups excluding carboxylic acids is 1. The Kier molecular flexibility index (Phi) is 14.8. The number of fused-ring (bicyclic) bond motifs is 5. The van der Waals surface area contributed by atoms with E-state index in [1.54, 1.807) is 5.57 Å². The van der Waals surface area contributed by atoms with Gasteiger partial charge in [-0.1, -0.05) is 103 Å². The summed E-state index contributed by atoms with van der Waals surface area (Å²) in [6.45, 7) is 9.67. The second-order valence-electron chi connectivity index (χ2n) is 16.6. The van der Waals surface area contributed by atoms with E-state index in [1.807, 2.05) is 0 Å². The lowest BCUT2D eigenvalue weighted by molar-refractivity contribution is -0.151. The maximum absolute atomic E-state index is 12.8. The zero-order valence-electron chi connectivity index (χ0n) is 30.3. The first-order valence-electron chi connectivity index (χ1n) is 19.9. The van der Waals surface area contributed by atoms with Gasteiger partial charge in [0.15, 0.2) is 0 Å². The molecule has 0 aliphatic heterocycles. The van der Waals surface area contributed by atoms with Crippen molar-refractivity contribution >= 4 is 11.9 Å². The summed E-state index contributed by atoms with van der Waals surface area (Å²) in [6.07, 6.45) is 35.0. The molecule has 8 atom stereocenters. The van der Waals surface area contributed by atoms with Crippen molar-refractivity contribution in [1.82, 2.24) is 0 Å². The molecular formula is C42H70O4. The Balaban J connectivity index is 1.12. The van der Waals surface area contributed by atoms with Gasteiger partial charge in [0.2, 0.25) is 0 Å². The highest BCUT2D eigenvalue weighted by Gasteiger charge is 2.59. The van der Waals surface area contributed by atoms with Crippen molar-refractivity contribution in [1.29, 1.82) is 0 Å². The van der Waals surface area contributed by atoms with Crippen LogP contribution in [0.1, 0.15) is 182 Å². The molecule has 46 heavy (non-hydrogen) atoms. The van der Waals surface area contributed by atoms with Crippen LogP contribution >= 0.6 is 0 Å². The molecule has 4 aliphatic rings. The summed E-state index contributed by atoms with van der Waals surface area (Å²) in [6, 6.07) is 0. The minimum atomic E-state index is -0.655. The topological polar surface area (TPSA) is 63.6 Å². The Morgan fingerprint density at radius 1 is 0.870 bits per heavy atom. The lowest BCUT2D eigenvalue weighted by Crippen LogP contribution is -2.51. The number of unbranched alkanes of at least 4 members (excludes halogenated alkanes) is 11. The molecule has 0 saturated heterocycles. The molecule has 0 aromatic carbocycles. The lowest BCUT2D eigenvalue weighted by atomic mass is 9.47. The van der Waals surface area contributed by atoms with Crippen LogP contribution in [0.15, 0.2) is 23.8 Å². The van der Waals surface area contributed by atoms with Gasteiger partial charge in [0.25, 0.3) is 0 Å². The number of rotatable bonds is 20. The molecule has 4 nitrogen and oxygen atoms in total. The number of ether oxygens (including phenoxy) is 1. The minimum Gasteiger partial charge on any atom is -0.481 e. The molecule has 4 heteroatoms. The number of carboxylic acid groups (broad SMARTS) is 1. The molecule has 0 spiro atoms. The Labute approximate surface area is 283 Å². The number of allylic oxidation sites excluding steroid dienone is 3. The summed E-state index contributed by atoms with van der Waals surface area (Å²) in [7, 11) is 0. The zero-order chi connectivity index (χ0) is 33.0. The van der Waals surface area contributed by atoms with Gasteiger partial charge in [-0.05, 0) is 124 Å². The monoisotopic (exact) mass is 639 g/mol. The number of carbonyl (C=O) groups is 2. The molecule has 4 rings (SSSR count). The second kappa shape index (κ2) is 18.3. The number of aliphatic carboxylic acids is 1. The normalized spacial score (nSPS) is 32.8. The molecule has 0 bridgehead atoms. The van der Waals surface area contributed by atoms with E-state index in [-0.39, 0.29) is 17.5 Å². The molecule has 0 heterocycles. The van der Waals surface area contributed by atoms with Gasteiger partial charge in [-0.3, -0.25) is 9.59 Å². The van der Waals surface area contributed by atoms with Crippen molar-refractivity contribution < 1.29 is 19.4 Å². The van der Waals surface area contributed by atoms with Gasteiger partial charge in [0.1, 0.15) is 6.10 Å². The number of hydrogen-bond acceptors (Lipinski definition) is 3. The fourth-order valence-electron chi connectivity index (χ4n) is 10.8. The lowest BCUT2D eigenvalue weighted by Gasteiger charge is -2.58. The summed E-state index contributed by atoms with van der Waals surface area (Å²) < 4.78 is 6.08. The predicted octanol–water partition coefficient (Wildman–Crippen LogP) is 12.0. The summed E-state index contributed by atoms with van der Waals surface area (Å²) in [5, 5.41) is 9.25. The van der Waals surface area contributed by atoms with Crippen molar-refractivity contribution in [3.8, 4) is 0 Å². The Morgan fingerprint density at radius 3 is 2.24 bits per heavy atom. The first-order chi connectivity index (χ1) is 22.2. The summed E-state index contributed by atoms with van der Waals surface area (Å²) in [5.41, 5.74) is 2.19. The van der Waals surface area contributed by atoms with Gasteiger partial charge in [-0.2, -0.15) is 0 Å². The molecule has 1 N–H and O–H groups in total.